The van der Waals surface area contributed by atoms with E-state index in [-0.39, 0.29) is 0 Å². The fourth-order valence-corrected chi connectivity index (χ4v) is 2.39. The molecule has 0 aromatic heterocycles. The predicted octanol–water partition coefficient (Wildman–Crippen LogP) is 5.92. The average Bonchev–Trinajstić information content (AvgIpc) is 2.63. The van der Waals surface area contributed by atoms with Crippen molar-refractivity contribution in [1.29, 1.82) is 0 Å². The fourth-order valence-electron chi connectivity index (χ4n) is 2.39. The fraction of sp³-hybridized carbons (Fsp3) is 0.0909. The molecule has 0 fully saturated rings. The van der Waals surface area contributed by atoms with Gasteiger partial charge in [-0.3, -0.25) is 0 Å². The van der Waals surface area contributed by atoms with Gasteiger partial charge in [0.25, 0.3) is 0 Å². The molecule has 0 atom stereocenters. The normalized spacial score (nSPS) is 10.8. The molecule has 0 saturated carbocycles. The molecule has 0 amide bonds. The summed E-state index contributed by atoms with van der Waals surface area (Å²) >= 11 is 0. The van der Waals surface area contributed by atoms with Crippen LogP contribution < -0.4 is 10.1 Å². The molecule has 0 unspecified atom stereocenters. The van der Waals surface area contributed by atoms with Gasteiger partial charge < -0.3 is 10.1 Å². The molecule has 0 bridgehead atoms. The summed E-state index contributed by atoms with van der Waals surface area (Å²) in [6.07, 6.45) is 4.21. The summed E-state index contributed by atoms with van der Waals surface area (Å²) in [7, 11) is 1.68. The molecule has 0 aliphatic carbocycles. The van der Waals surface area contributed by atoms with Gasteiger partial charge in [0.15, 0.2) is 0 Å². The van der Waals surface area contributed by atoms with Gasteiger partial charge in [0.2, 0.25) is 0 Å². The highest BCUT2D eigenvalue weighted by atomic mass is 16.5. The van der Waals surface area contributed by atoms with E-state index < -0.39 is 0 Å². The van der Waals surface area contributed by atoms with Gasteiger partial charge in [-0.25, -0.2) is 0 Å². The Balaban J connectivity index is 1.65. The summed E-state index contributed by atoms with van der Waals surface area (Å²) < 4.78 is 5.17. The average molecular weight is 315 g/mol. The standard InChI is InChI=1S/C22H21NO/c1-17-3-11-20(12-4-17)23-21-13-7-18(8-14-21)5-6-19-9-15-22(24-2)16-10-19/h3-16,23H,1-2H3. The molecule has 0 aliphatic rings. The van der Waals surface area contributed by atoms with Gasteiger partial charge in [-0.2, -0.15) is 0 Å². The molecule has 0 aliphatic heterocycles. The number of ether oxygens (including phenoxy) is 1. The molecule has 3 rings (SSSR count). The highest BCUT2D eigenvalue weighted by Crippen LogP contribution is 2.19. The van der Waals surface area contributed by atoms with Crippen molar-refractivity contribution in [3.63, 3.8) is 0 Å². The Kier molecular flexibility index (Phi) is 4.97. The molecular formula is C22H21NO. The maximum Gasteiger partial charge on any atom is 0.118 e. The third-order valence-electron chi connectivity index (χ3n) is 3.83. The molecule has 0 radical (unpaired) electrons. The first-order valence-electron chi connectivity index (χ1n) is 7.99. The van der Waals surface area contributed by atoms with Crippen molar-refractivity contribution in [2.45, 2.75) is 6.92 Å². The predicted molar refractivity (Wildman–Crippen MR) is 103 cm³/mol. The lowest BCUT2D eigenvalue weighted by molar-refractivity contribution is 0.415. The Morgan fingerprint density at radius 1 is 0.667 bits per heavy atom. The maximum absolute atomic E-state index is 5.17. The zero-order chi connectivity index (χ0) is 16.8. The van der Waals surface area contributed by atoms with Crippen LogP contribution >= 0.6 is 0 Å². The van der Waals surface area contributed by atoms with E-state index in [0.717, 1.165) is 22.7 Å². The van der Waals surface area contributed by atoms with Crippen LogP contribution in [0, 0.1) is 6.92 Å². The Morgan fingerprint density at radius 2 is 1.12 bits per heavy atom. The summed E-state index contributed by atoms with van der Waals surface area (Å²) in [5, 5.41) is 3.41. The zero-order valence-electron chi connectivity index (χ0n) is 14.0. The lowest BCUT2D eigenvalue weighted by Gasteiger charge is -2.07. The quantitative estimate of drug-likeness (QED) is 0.590. The molecule has 0 spiro atoms. The molecule has 2 heteroatoms. The second kappa shape index (κ2) is 7.51. The van der Waals surface area contributed by atoms with Gasteiger partial charge >= 0.3 is 0 Å². The third kappa shape index (κ3) is 4.26. The van der Waals surface area contributed by atoms with E-state index in [4.69, 9.17) is 4.74 Å². The summed E-state index contributed by atoms with van der Waals surface area (Å²) in [5.74, 6) is 0.874. The van der Waals surface area contributed by atoms with E-state index >= 15 is 0 Å². The van der Waals surface area contributed by atoms with Crippen LogP contribution in [0.3, 0.4) is 0 Å². The van der Waals surface area contributed by atoms with Crippen LogP contribution in [0.25, 0.3) is 12.2 Å². The molecule has 3 aromatic carbocycles. The minimum absolute atomic E-state index is 0.874. The number of aryl methyl sites for hydroxylation is 1. The van der Waals surface area contributed by atoms with Gasteiger partial charge in [-0.1, -0.05) is 54.1 Å². The second-order valence-corrected chi connectivity index (χ2v) is 5.72. The lowest BCUT2D eigenvalue weighted by Crippen LogP contribution is -1.89. The van der Waals surface area contributed by atoms with E-state index in [1.54, 1.807) is 7.11 Å². The first-order chi connectivity index (χ1) is 11.7. The summed E-state index contributed by atoms with van der Waals surface area (Å²) in [4.78, 5) is 0. The van der Waals surface area contributed by atoms with Crippen molar-refractivity contribution < 1.29 is 4.74 Å². The van der Waals surface area contributed by atoms with Crippen LogP contribution in [0.2, 0.25) is 0 Å². The minimum Gasteiger partial charge on any atom is -0.497 e. The van der Waals surface area contributed by atoms with Crippen molar-refractivity contribution in [3.05, 3.63) is 89.5 Å². The smallest absolute Gasteiger partial charge is 0.118 e. The molecule has 1 N–H and O–H groups in total. The van der Waals surface area contributed by atoms with E-state index in [0.29, 0.717) is 0 Å². The summed E-state index contributed by atoms with van der Waals surface area (Å²) in [6.45, 7) is 2.09. The van der Waals surface area contributed by atoms with Crippen LogP contribution in [0.1, 0.15) is 16.7 Å². The van der Waals surface area contributed by atoms with Crippen LogP contribution in [-0.4, -0.2) is 7.11 Å². The number of nitrogens with one attached hydrogen (secondary N) is 1. The molecule has 3 aromatic rings. The van der Waals surface area contributed by atoms with Crippen LogP contribution in [0.15, 0.2) is 72.8 Å². The SMILES string of the molecule is COc1ccc(C=Cc2ccc(Nc3ccc(C)cc3)cc2)cc1. The van der Waals surface area contributed by atoms with Gasteiger partial charge in [0.05, 0.1) is 7.11 Å². The van der Waals surface area contributed by atoms with Crippen molar-refractivity contribution in [3.8, 4) is 5.75 Å². The Bertz CT molecular complexity index is 800. The minimum atomic E-state index is 0.874. The highest BCUT2D eigenvalue weighted by Gasteiger charge is 1.95. The monoisotopic (exact) mass is 315 g/mol. The third-order valence-corrected chi connectivity index (χ3v) is 3.83. The zero-order valence-corrected chi connectivity index (χ0v) is 14.0. The molecular weight excluding hydrogens is 294 g/mol. The summed E-state index contributed by atoms with van der Waals surface area (Å²) in [5.41, 5.74) is 5.76. The number of methoxy groups -OCH3 is 1. The van der Waals surface area contributed by atoms with E-state index in [9.17, 15) is 0 Å². The molecule has 0 saturated heterocycles. The van der Waals surface area contributed by atoms with Gasteiger partial charge in [0, 0.05) is 11.4 Å². The first kappa shape index (κ1) is 15.9. The van der Waals surface area contributed by atoms with Gasteiger partial charge in [0.1, 0.15) is 5.75 Å². The Morgan fingerprint density at radius 3 is 1.62 bits per heavy atom. The molecule has 2 nitrogen and oxygen atoms in total. The van der Waals surface area contributed by atoms with Crippen molar-refractivity contribution in [2.24, 2.45) is 0 Å². The lowest BCUT2D eigenvalue weighted by atomic mass is 10.1. The number of rotatable bonds is 5. The van der Waals surface area contributed by atoms with Crippen LogP contribution in [0.5, 0.6) is 5.75 Å². The highest BCUT2D eigenvalue weighted by molar-refractivity contribution is 5.71. The molecule has 120 valence electrons. The van der Waals surface area contributed by atoms with Crippen molar-refractivity contribution >= 4 is 23.5 Å². The Labute approximate surface area is 143 Å². The van der Waals surface area contributed by atoms with Crippen molar-refractivity contribution in [1.82, 2.24) is 0 Å². The largest absolute Gasteiger partial charge is 0.497 e. The topological polar surface area (TPSA) is 21.3 Å². The molecule has 0 heterocycles. The van der Waals surface area contributed by atoms with Gasteiger partial charge in [-0.05, 0) is 54.4 Å². The maximum atomic E-state index is 5.17. The van der Waals surface area contributed by atoms with Crippen LogP contribution in [0.4, 0.5) is 11.4 Å². The first-order valence-corrected chi connectivity index (χ1v) is 7.99. The number of anilines is 2. The van der Waals surface area contributed by atoms with Crippen LogP contribution in [-0.2, 0) is 0 Å². The summed E-state index contributed by atoms with van der Waals surface area (Å²) in [6, 6.07) is 24.8. The van der Waals surface area contributed by atoms with E-state index in [2.05, 4.69) is 72.9 Å². The van der Waals surface area contributed by atoms with Crippen molar-refractivity contribution in [2.75, 3.05) is 12.4 Å². The number of hydrogen-bond donors (Lipinski definition) is 1. The second-order valence-electron chi connectivity index (χ2n) is 5.72. The Hall–Kier alpha value is -3.00. The van der Waals surface area contributed by atoms with E-state index in [1.165, 1.54) is 11.1 Å². The number of hydrogen-bond acceptors (Lipinski definition) is 2. The van der Waals surface area contributed by atoms with Gasteiger partial charge in [-0.15, -0.1) is 0 Å². The van der Waals surface area contributed by atoms with E-state index in [1.807, 2.05) is 24.3 Å². The molecule has 24 heavy (non-hydrogen) atoms. The number of benzene rings is 3.